The molecule has 1 fully saturated rings. The fourth-order valence-corrected chi connectivity index (χ4v) is 7.46. The minimum Gasteiger partial charge on any atom is -0.352 e. The third-order valence-electron chi connectivity index (χ3n) is 8.67. The SMILES string of the molecule is Cc1ccc(C(=O)[C@@H]2[C@@H](c3ccc(Cl)cc3Cl)C3(C(=O)c4ccccc4C3=O)[C@@H]3C=Cc4cc(F)ccc4N23)cc1. The number of Topliss-reactive ketones (excluding diaryl/α,β-unsaturated/α-hetero) is 3. The molecule has 4 nitrogen and oxygen atoms in total. The number of hydrogen-bond donors (Lipinski definition) is 0. The molecule has 3 atom stereocenters. The number of hydrogen-bond acceptors (Lipinski definition) is 4. The highest BCUT2D eigenvalue weighted by atomic mass is 35.5. The lowest BCUT2D eigenvalue weighted by Crippen LogP contribution is -2.48. The van der Waals surface area contributed by atoms with Crippen molar-refractivity contribution in [3.8, 4) is 0 Å². The van der Waals surface area contributed by atoms with Gasteiger partial charge in [-0.1, -0.05) is 95.5 Å². The Morgan fingerprint density at radius 2 is 1.56 bits per heavy atom. The summed E-state index contributed by atoms with van der Waals surface area (Å²) in [6.07, 6.45) is 3.48. The molecule has 0 amide bonds. The van der Waals surface area contributed by atoms with E-state index < -0.39 is 29.2 Å². The van der Waals surface area contributed by atoms with Crippen LogP contribution in [0.5, 0.6) is 0 Å². The van der Waals surface area contributed by atoms with Gasteiger partial charge in [-0.2, -0.15) is 0 Å². The van der Waals surface area contributed by atoms with Crippen LogP contribution in [0.4, 0.5) is 10.1 Å². The van der Waals surface area contributed by atoms with Crippen LogP contribution in [0.1, 0.15) is 53.7 Å². The molecule has 0 bridgehead atoms. The summed E-state index contributed by atoms with van der Waals surface area (Å²) in [5, 5.41) is 0.640. The molecule has 0 radical (unpaired) electrons. The lowest BCUT2D eigenvalue weighted by Gasteiger charge is -2.37. The van der Waals surface area contributed by atoms with Gasteiger partial charge in [-0.3, -0.25) is 14.4 Å². The Morgan fingerprint density at radius 3 is 2.22 bits per heavy atom. The van der Waals surface area contributed by atoms with Crippen LogP contribution in [0.3, 0.4) is 0 Å². The number of fused-ring (bicyclic) bond motifs is 5. The van der Waals surface area contributed by atoms with Gasteiger partial charge in [0, 0.05) is 43.9 Å². The van der Waals surface area contributed by atoms with Crippen molar-refractivity contribution in [2.45, 2.75) is 24.9 Å². The predicted molar refractivity (Wildman–Crippen MR) is 158 cm³/mol. The summed E-state index contributed by atoms with van der Waals surface area (Å²) in [5.74, 6) is -2.40. The molecular weight excluding hydrogens is 560 g/mol. The summed E-state index contributed by atoms with van der Waals surface area (Å²) in [6.45, 7) is 1.93. The van der Waals surface area contributed by atoms with Crippen molar-refractivity contribution in [2.24, 2.45) is 5.41 Å². The van der Waals surface area contributed by atoms with Crippen molar-refractivity contribution in [3.63, 3.8) is 0 Å². The van der Waals surface area contributed by atoms with Crippen molar-refractivity contribution in [3.05, 3.63) is 140 Å². The Balaban J connectivity index is 1.56. The van der Waals surface area contributed by atoms with E-state index in [1.54, 1.807) is 72.8 Å². The van der Waals surface area contributed by atoms with Gasteiger partial charge in [0.1, 0.15) is 17.3 Å². The largest absolute Gasteiger partial charge is 0.352 e. The summed E-state index contributed by atoms with van der Waals surface area (Å²) in [5.41, 5.74) is 1.93. The maximum absolute atomic E-state index is 14.6. The van der Waals surface area contributed by atoms with E-state index in [0.29, 0.717) is 38.5 Å². The molecule has 1 aliphatic carbocycles. The van der Waals surface area contributed by atoms with Gasteiger partial charge in [0.2, 0.25) is 0 Å². The van der Waals surface area contributed by atoms with Crippen LogP contribution >= 0.6 is 23.2 Å². The molecule has 4 aromatic carbocycles. The fourth-order valence-electron chi connectivity index (χ4n) is 6.93. The molecule has 0 N–H and O–H groups in total. The topological polar surface area (TPSA) is 54.5 Å². The van der Waals surface area contributed by atoms with Crippen molar-refractivity contribution in [2.75, 3.05) is 4.90 Å². The molecule has 2 heterocycles. The average Bonchev–Trinajstić information content (AvgIpc) is 3.39. The van der Waals surface area contributed by atoms with Crippen molar-refractivity contribution < 1.29 is 18.8 Å². The van der Waals surface area contributed by atoms with Crippen molar-refractivity contribution in [1.82, 2.24) is 0 Å². The van der Waals surface area contributed by atoms with Gasteiger partial charge in [0.05, 0.1) is 6.04 Å². The Hall–Kier alpha value is -4.06. The maximum atomic E-state index is 14.6. The van der Waals surface area contributed by atoms with Crippen LogP contribution in [0.2, 0.25) is 10.0 Å². The van der Waals surface area contributed by atoms with Crippen LogP contribution in [0, 0.1) is 18.2 Å². The van der Waals surface area contributed by atoms with Gasteiger partial charge in [-0.05, 0) is 42.8 Å². The standard InChI is InChI=1S/C34H22Cl2FNO3/c1-18-6-8-19(9-7-18)31(39)30-29(25-13-11-21(35)17-26(25)36)34(32(40)23-4-2-3-5-24(23)33(34)41)28-15-10-20-16-22(37)12-14-27(20)38(28)30/h2-17,28-30H,1H3/t28-,29+,30-/m0/s1. The number of carbonyl (C=O) groups excluding carboxylic acids is 3. The molecule has 202 valence electrons. The Morgan fingerprint density at radius 1 is 0.878 bits per heavy atom. The van der Waals surface area contributed by atoms with Crippen LogP contribution in [-0.2, 0) is 0 Å². The molecule has 7 heteroatoms. The number of anilines is 1. The number of aryl methyl sites for hydroxylation is 1. The second-order valence-corrected chi connectivity index (χ2v) is 11.6. The molecule has 0 unspecified atom stereocenters. The van der Waals surface area contributed by atoms with E-state index in [1.807, 2.05) is 24.0 Å². The summed E-state index contributed by atoms with van der Waals surface area (Å²) in [6, 6.07) is 21.3. The lowest BCUT2D eigenvalue weighted by atomic mass is 9.64. The second kappa shape index (κ2) is 9.23. The third-order valence-corrected chi connectivity index (χ3v) is 9.23. The average molecular weight is 582 g/mol. The number of halogens is 3. The van der Waals surface area contributed by atoms with Crippen LogP contribution in [0.15, 0.2) is 91.0 Å². The van der Waals surface area contributed by atoms with Gasteiger partial charge < -0.3 is 4.90 Å². The summed E-state index contributed by atoms with van der Waals surface area (Å²) in [4.78, 5) is 45.8. The first-order chi connectivity index (χ1) is 19.7. The highest BCUT2D eigenvalue weighted by Crippen LogP contribution is 2.61. The predicted octanol–water partition coefficient (Wildman–Crippen LogP) is 7.76. The van der Waals surface area contributed by atoms with E-state index in [4.69, 9.17) is 23.2 Å². The number of nitrogens with zero attached hydrogens (tertiary/aromatic N) is 1. The highest BCUT2D eigenvalue weighted by molar-refractivity contribution is 6.36. The van der Waals surface area contributed by atoms with Crippen molar-refractivity contribution >= 4 is 52.3 Å². The normalized spacial score (nSPS) is 21.7. The van der Waals surface area contributed by atoms with E-state index in [9.17, 15) is 18.8 Å². The van der Waals surface area contributed by atoms with E-state index in [0.717, 1.165) is 5.56 Å². The van der Waals surface area contributed by atoms with Gasteiger partial charge in [0.25, 0.3) is 0 Å². The first kappa shape index (κ1) is 25.9. The molecule has 1 saturated heterocycles. The van der Waals surface area contributed by atoms with E-state index in [1.165, 1.54) is 12.1 Å². The zero-order valence-corrected chi connectivity index (χ0v) is 23.3. The molecular formula is C34H22Cl2FNO3. The minimum atomic E-state index is -1.70. The van der Waals surface area contributed by atoms with Crippen LogP contribution in [0.25, 0.3) is 6.08 Å². The smallest absolute Gasteiger partial charge is 0.185 e. The molecule has 0 aromatic heterocycles. The van der Waals surface area contributed by atoms with Crippen LogP contribution < -0.4 is 4.90 Å². The Kier molecular flexibility index (Phi) is 5.83. The highest BCUT2D eigenvalue weighted by Gasteiger charge is 2.71. The lowest BCUT2D eigenvalue weighted by molar-refractivity contribution is 0.0666. The number of rotatable bonds is 3. The Labute approximate surface area is 246 Å². The first-order valence-electron chi connectivity index (χ1n) is 13.2. The van der Waals surface area contributed by atoms with E-state index in [2.05, 4.69) is 0 Å². The third kappa shape index (κ3) is 3.55. The maximum Gasteiger partial charge on any atom is 0.185 e. The van der Waals surface area contributed by atoms with Gasteiger partial charge >= 0.3 is 0 Å². The van der Waals surface area contributed by atoms with E-state index in [-0.39, 0.29) is 22.4 Å². The van der Waals surface area contributed by atoms with Crippen molar-refractivity contribution in [1.29, 1.82) is 0 Å². The number of ketones is 3. The summed E-state index contributed by atoms with van der Waals surface area (Å²) >= 11 is 13.1. The summed E-state index contributed by atoms with van der Waals surface area (Å²) < 4.78 is 14.4. The molecule has 4 aromatic rings. The van der Waals surface area contributed by atoms with Gasteiger partial charge in [-0.25, -0.2) is 4.39 Å². The first-order valence-corrected chi connectivity index (χ1v) is 14.0. The molecule has 41 heavy (non-hydrogen) atoms. The Bertz CT molecular complexity index is 1800. The monoisotopic (exact) mass is 581 g/mol. The molecule has 1 spiro atoms. The summed E-state index contributed by atoms with van der Waals surface area (Å²) in [7, 11) is 0. The molecule has 0 saturated carbocycles. The van der Waals surface area contributed by atoms with E-state index >= 15 is 0 Å². The van der Waals surface area contributed by atoms with Gasteiger partial charge in [-0.15, -0.1) is 0 Å². The van der Waals surface area contributed by atoms with Crippen LogP contribution in [-0.4, -0.2) is 29.4 Å². The zero-order valence-electron chi connectivity index (χ0n) is 21.8. The number of benzene rings is 4. The molecule has 7 rings (SSSR count). The molecule has 3 aliphatic rings. The fraction of sp³-hybridized carbons (Fsp3) is 0.147. The minimum absolute atomic E-state index is 0.253. The molecule has 2 aliphatic heterocycles. The van der Waals surface area contributed by atoms with Gasteiger partial charge in [0.15, 0.2) is 17.3 Å². The quantitative estimate of drug-likeness (QED) is 0.183. The zero-order chi connectivity index (χ0) is 28.6. The number of carbonyl (C=O) groups is 3. The second-order valence-electron chi connectivity index (χ2n) is 10.8.